The van der Waals surface area contributed by atoms with Crippen LogP contribution in [0.1, 0.15) is 0 Å². The molecule has 0 atom stereocenters. The van der Waals surface area contributed by atoms with Crippen LogP contribution in [0.2, 0.25) is 0 Å². The molecule has 0 saturated heterocycles. The quantitative estimate of drug-likeness (QED) is 0.459. The molecule has 0 spiro atoms. The third-order valence-corrected chi connectivity index (χ3v) is 1.13. The summed E-state index contributed by atoms with van der Waals surface area (Å²) in [5.74, 6) is 0. The van der Waals surface area contributed by atoms with Crippen molar-refractivity contribution in [3.05, 3.63) is 30.3 Å². The molecule has 0 unspecified atom stereocenters. The van der Waals surface area contributed by atoms with Gasteiger partial charge in [0.05, 0.1) is 0 Å². The van der Waals surface area contributed by atoms with E-state index in [4.69, 9.17) is 0 Å². The second-order valence-electron chi connectivity index (χ2n) is 1.30. The van der Waals surface area contributed by atoms with Gasteiger partial charge in [-0.25, -0.2) is 0 Å². The third kappa shape index (κ3) is 1.34. The summed E-state index contributed by atoms with van der Waals surface area (Å²) in [5.41, 5.74) is 0. The summed E-state index contributed by atoms with van der Waals surface area (Å²) in [6.45, 7) is 0. The Hall–Kier alpha value is -0.261. The second kappa shape index (κ2) is 2.15. The first-order valence-electron chi connectivity index (χ1n) is 2.10. The van der Waals surface area contributed by atoms with E-state index in [2.05, 4.69) is 16.0 Å². The van der Waals surface area contributed by atoms with Gasteiger partial charge in [0, 0.05) is 0 Å². The van der Waals surface area contributed by atoms with E-state index in [1.165, 1.54) is 0 Å². The van der Waals surface area contributed by atoms with E-state index in [1.807, 2.05) is 30.3 Å². The van der Waals surface area contributed by atoms with Crippen LogP contribution in [0.4, 0.5) is 0 Å². The fourth-order valence-corrected chi connectivity index (χ4v) is 0.642. The molecule has 1 aromatic rings. The van der Waals surface area contributed by atoms with E-state index in [1.54, 1.807) is 0 Å². The van der Waals surface area contributed by atoms with Crippen molar-refractivity contribution in [2.24, 2.45) is 0 Å². The van der Waals surface area contributed by atoms with Crippen LogP contribution >= 0.6 is 0 Å². The molecule has 0 bridgehead atoms. The average molecular weight is 132 g/mol. The molecule has 1 heteroatoms. The zero-order chi connectivity index (χ0) is 5.11. The molecule has 0 aromatic heterocycles. The first-order chi connectivity index (χ1) is 3.39. The van der Waals surface area contributed by atoms with Crippen molar-refractivity contribution in [3.8, 4) is 0 Å². The standard InChI is InChI=1S/C6H5.Mn/c1-2-4-6-5-3-1;/h1-5H;. The monoisotopic (exact) mass is 132 g/mol. The predicted octanol–water partition coefficient (Wildman–Crippen LogP) is 0.859. The molecule has 36 valence electrons. The first kappa shape index (κ1) is 4.89. The summed E-state index contributed by atoms with van der Waals surface area (Å²) >= 11 is 3.31. The van der Waals surface area contributed by atoms with Gasteiger partial charge in [0.25, 0.3) is 0 Å². The Morgan fingerprint density at radius 2 is 1.57 bits per heavy atom. The topological polar surface area (TPSA) is 0 Å². The summed E-state index contributed by atoms with van der Waals surface area (Å²) < 4.78 is 1.13. The van der Waals surface area contributed by atoms with Gasteiger partial charge in [-0.2, -0.15) is 0 Å². The van der Waals surface area contributed by atoms with E-state index in [0.717, 1.165) is 4.46 Å². The van der Waals surface area contributed by atoms with Crippen molar-refractivity contribution in [2.75, 3.05) is 0 Å². The maximum absolute atomic E-state index is 3.31. The molecule has 0 saturated carbocycles. The predicted molar refractivity (Wildman–Crippen MR) is 26.1 cm³/mol. The summed E-state index contributed by atoms with van der Waals surface area (Å²) in [4.78, 5) is 0. The molecule has 0 fully saturated rings. The van der Waals surface area contributed by atoms with E-state index in [0.29, 0.717) is 0 Å². The van der Waals surface area contributed by atoms with Crippen LogP contribution in [0.15, 0.2) is 30.3 Å². The Morgan fingerprint density at radius 3 is 1.86 bits per heavy atom. The zero-order valence-corrected chi connectivity index (χ0v) is 4.95. The van der Waals surface area contributed by atoms with Gasteiger partial charge in [0.2, 0.25) is 0 Å². The Kier molecular flexibility index (Phi) is 1.50. The van der Waals surface area contributed by atoms with Gasteiger partial charge in [0.1, 0.15) is 0 Å². The van der Waals surface area contributed by atoms with Gasteiger partial charge in [-0.1, -0.05) is 0 Å². The Bertz CT molecular complexity index is 134. The minimum absolute atomic E-state index is 1.13. The second-order valence-corrected chi connectivity index (χ2v) is 1.98. The molecule has 0 N–H and O–H groups in total. The van der Waals surface area contributed by atoms with Crippen molar-refractivity contribution < 1.29 is 16.0 Å². The van der Waals surface area contributed by atoms with Gasteiger partial charge in [-0.15, -0.1) is 0 Å². The van der Waals surface area contributed by atoms with Crippen molar-refractivity contribution in [2.45, 2.75) is 0 Å². The zero-order valence-electron chi connectivity index (χ0n) is 3.76. The normalized spacial score (nSPS) is 8.71. The fourth-order valence-electron chi connectivity index (χ4n) is 0.415. The maximum atomic E-state index is 3.31. The van der Waals surface area contributed by atoms with Crippen LogP contribution < -0.4 is 4.46 Å². The number of hydrogen-bond donors (Lipinski definition) is 0. The van der Waals surface area contributed by atoms with Crippen LogP contribution in [0.25, 0.3) is 0 Å². The minimum atomic E-state index is 1.13. The van der Waals surface area contributed by atoms with E-state index < -0.39 is 0 Å². The number of rotatable bonds is 0. The summed E-state index contributed by atoms with van der Waals surface area (Å²) in [5, 5.41) is 0. The van der Waals surface area contributed by atoms with Crippen LogP contribution in [-0.4, -0.2) is 0 Å². The number of benzene rings is 1. The summed E-state index contributed by atoms with van der Waals surface area (Å²) in [6, 6.07) is 9.97. The molecule has 0 radical (unpaired) electrons. The molecule has 0 nitrogen and oxygen atoms in total. The van der Waals surface area contributed by atoms with Crippen molar-refractivity contribution >= 4 is 4.46 Å². The van der Waals surface area contributed by atoms with Crippen molar-refractivity contribution in [1.82, 2.24) is 0 Å². The SMILES string of the molecule is [Mn][c]1ccccc1. The van der Waals surface area contributed by atoms with Crippen LogP contribution in [0.5, 0.6) is 0 Å². The van der Waals surface area contributed by atoms with E-state index in [-0.39, 0.29) is 0 Å². The van der Waals surface area contributed by atoms with Gasteiger partial charge < -0.3 is 0 Å². The van der Waals surface area contributed by atoms with Crippen LogP contribution in [0.3, 0.4) is 0 Å². The van der Waals surface area contributed by atoms with Crippen molar-refractivity contribution in [3.63, 3.8) is 0 Å². The summed E-state index contributed by atoms with van der Waals surface area (Å²) in [7, 11) is 0. The molecule has 1 rings (SSSR count). The molecule has 0 aliphatic carbocycles. The molecular formula is C6H5Mn. The van der Waals surface area contributed by atoms with Gasteiger partial charge in [0.15, 0.2) is 0 Å². The van der Waals surface area contributed by atoms with Crippen LogP contribution in [-0.2, 0) is 16.0 Å². The van der Waals surface area contributed by atoms with Crippen molar-refractivity contribution in [1.29, 1.82) is 0 Å². The third-order valence-electron chi connectivity index (χ3n) is 0.733. The van der Waals surface area contributed by atoms with Gasteiger partial charge >= 0.3 is 50.8 Å². The molecule has 0 heterocycles. The first-order valence-corrected chi connectivity index (χ1v) is 2.69. The van der Waals surface area contributed by atoms with Crippen LogP contribution in [0, 0.1) is 0 Å². The van der Waals surface area contributed by atoms with E-state index in [9.17, 15) is 0 Å². The Morgan fingerprint density at radius 1 is 1.00 bits per heavy atom. The molecule has 0 aliphatic heterocycles. The molecule has 0 aliphatic rings. The molecule has 1 aromatic carbocycles. The Labute approximate surface area is 51.4 Å². The average Bonchev–Trinajstić information content (AvgIpc) is 1.69. The summed E-state index contributed by atoms with van der Waals surface area (Å²) in [6.07, 6.45) is 0. The Balaban J connectivity index is 3.02. The van der Waals surface area contributed by atoms with Gasteiger partial charge in [-0.05, 0) is 0 Å². The number of hydrogen-bond acceptors (Lipinski definition) is 0. The van der Waals surface area contributed by atoms with E-state index >= 15 is 0 Å². The van der Waals surface area contributed by atoms with Gasteiger partial charge in [-0.3, -0.25) is 0 Å². The fraction of sp³-hybridized carbons (Fsp3) is 0. The molecular weight excluding hydrogens is 127 g/mol. The molecule has 0 amide bonds. The molecule has 7 heavy (non-hydrogen) atoms.